The van der Waals surface area contributed by atoms with Gasteiger partial charge in [0, 0.05) is 11.5 Å². The third kappa shape index (κ3) is 1.89. The predicted octanol–water partition coefficient (Wildman–Crippen LogP) is 4.65. The quantitative estimate of drug-likeness (QED) is 0.732. The van der Waals surface area contributed by atoms with E-state index >= 15 is 0 Å². The summed E-state index contributed by atoms with van der Waals surface area (Å²) in [6.07, 6.45) is 0.872. The van der Waals surface area contributed by atoms with Crippen LogP contribution >= 0.6 is 0 Å². The van der Waals surface area contributed by atoms with E-state index in [0.29, 0.717) is 5.78 Å². The van der Waals surface area contributed by atoms with Gasteiger partial charge in [-0.2, -0.15) is 0 Å². The number of fused-ring (bicyclic) bond motifs is 1. The highest BCUT2D eigenvalue weighted by molar-refractivity contribution is 6.04. The van der Waals surface area contributed by atoms with Gasteiger partial charge in [0.1, 0.15) is 0 Å². The molecule has 1 heteroatoms. The first-order valence-electron chi connectivity index (χ1n) is 7.23. The topological polar surface area (TPSA) is 17.1 Å². The van der Waals surface area contributed by atoms with Crippen molar-refractivity contribution in [2.45, 2.75) is 34.1 Å². The van der Waals surface area contributed by atoms with Gasteiger partial charge in [-0.05, 0) is 55.0 Å². The van der Waals surface area contributed by atoms with Crippen LogP contribution in [0.4, 0.5) is 0 Å². The summed E-state index contributed by atoms with van der Waals surface area (Å²) in [7, 11) is 0. The van der Waals surface area contributed by atoms with Crippen LogP contribution in [-0.4, -0.2) is 5.78 Å². The van der Waals surface area contributed by atoms with Gasteiger partial charge in [0.15, 0.2) is 5.78 Å². The minimum absolute atomic E-state index is 0.122. The van der Waals surface area contributed by atoms with Gasteiger partial charge in [0.05, 0.1) is 0 Å². The van der Waals surface area contributed by atoms with E-state index in [-0.39, 0.29) is 5.92 Å². The van der Waals surface area contributed by atoms with Crippen LogP contribution in [0.15, 0.2) is 30.3 Å². The van der Waals surface area contributed by atoms with Crippen LogP contribution < -0.4 is 0 Å². The zero-order valence-electron chi connectivity index (χ0n) is 12.6. The molecule has 0 saturated carbocycles. The normalized spacial score (nSPS) is 17.4. The number of carbonyl (C=O) groups excluding carboxylic acids is 1. The Hall–Kier alpha value is -1.89. The van der Waals surface area contributed by atoms with Gasteiger partial charge in [0.25, 0.3) is 0 Å². The molecular formula is C19H20O. The molecule has 0 aliphatic heterocycles. The van der Waals surface area contributed by atoms with E-state index in [4.69, 9.17) is 0 Å². The number of rotatable bonds is 1. The van der Waals surface area contributed by atoms with Gasteiger partial charge in [-0.1, -0.05) is 42.8 Å². The molecule has 1 atom stereocenters. The molecule has 2 aromatic rings. The van der Waals surface area contributed by atoms with Crippen molar-refractivity contribution >= 4 is 5.78 Å². The average molecular weight is 264 g/mol. The standard InChI is InChI=1S/C19H20O/c1-11-8-12(2)18(13(3)9-11)15-6-5-7-16-17(15)10-14(4)19(16)20/h5-9,14H,10H2,1-4H3. The first kappa shape index (κ1) is 13.1. The SMILES string of the molecule is Cc1cc(C)c(-c2cccc3c2CC(C)C3=O)c(C)c1. The number of hydrogen-bond acceptors (Lipinski definition) is 1. The Morgan fingerprint density at radius 2 is 1.60 bits per heavy atom. The van der Waals surface area contributed by atoms with Crippen LogP contribution in [0.2, 0.25) is 0 Å². The van der Waals surface area contributed by atoms with Gasteiger partial charge in [-0.3, -0.25) is 4.79 Å². The molecule has 0 N–H and O–H groups in total. The number of benzene rings is 2. The van der Waals surface area contributed by atoms with E-state index < -0.39 is 0 Å². The average Bonchev–Trinajstić information content (AvgIpc) is 2.66. The Kier molecular flexibility index (Phi) is 3.01. The number of aryl methyl sites for hydroxylation is 3. The largest absolute Gasteiger partial charge is 0.294 e. The molecule has 1 unspecified atom stereocenters. The van der Waals surface area contributed by atoms with Crippen molar-refractivity contribution in [3.8, 4) is 11.1 Å². The van der Waals surface area contributed by atoms with Crippen molar-refractivity contribution in [2.75, 3.05) is 0 Å². The zero-order valence-corrected chi connectivity index (χ0v) is 12.6. The highest BCUT2D eigenvalue weighted by Crippen LogP contribution is 2.37. The van der Waals surface area contributed by atoms with Crippen LogP contribution in [0.5, 0.6) is 0 Å². The van der Waals surface area contributed by atoms with Gasteiger partial charge in [-0.15, -0.1) is 0 Å². The molecule has 0 spiro atoms. The Morgan fingerprint density at radius 1 is 1.00 bits per heavy atom. The third-order valence-corrected chi connectivity index (χ3v) is 4.35. The molecule has 20 heavy (non-hydrogen) atoms. The molecule has 102 valence electrons. The lowest BCUT2D eigenvalue weighted by Crippen LogP contribution is -2.02. The van der Waals surface area contributed by atoms with Crippen molar-refractivity contribution in [1.29, 1.82) is 0 Å². The predicted molar refractivity (Wildman–Crippen MR) is 83.3 cm³/mol. The first-order chi connectivity index (χ1) is 9.49. The van der Waals surface area contributed by atoms with E-state index in [2.05, 4.69) is 39.0 Å². The molecule has 0 amide bonds. The van der Waals surface area contributed by atoms with E-state index in [1.54, 1.807) is 0 Å². The number of ketones is 1. The van der Waals surface area contributed by atoms with E-state index in [9.17, 15) is 4.79 Å². The molecule has 0 aromatic heterocycles. The summed E-state index contributed by atoms with van der Waals surface area (Å²) in [5.74, 6) is 0.418. The maximum absolute atomic E-state index is 12.2. The summed E-state index contributed by atoms with van der Waals surface area (Å²) in [4.78, 5) is 12.2. The smallest absolute Gasteiger partial charge is 0.166 e. The summed E-state index contributed by atoms with van der Waals surface area (Å²) in [5, 5.41) is 0. The van der Waals surface area contributed by atoms with Crippen LogP contribution in [0.1, 0.15) is 39.5 Å². The van der Waals surface area contributed by atoms with Gasteiger partial charge in [-0.25, -0.2) is 0 Å². The highest BCUT2D eigenvalue weighted by Gasteiger charge is 2.29. The van der Waals surface area contributed by atoms with E-state index in [1.807, 2.05) is 19.1 Å². The molecule has 3 rings (SSSR count). The summed E-state index contributed by atoms with van der Waals surface area (Å²) in [5.41, 5.74) is 8.59. The monoisotopic (exact) mass is 264 g/mol. The van der Waals surface area contributed by atoms with Crippen molar-refractivity contribution < 1.29 is 4.79 Å². The lowest BCUT2D eigenvalue weighted by atomic mass is 9.89. The Balaban J connectivity index is 2.26. The molecular weight excluding hydrogens is 244 g/mol. The highest BCUT2D eigenvalue weighted by atomic mass is 16.1. The summed E-state index contributed by atoms with van der Waals surface area (Å²) >= 11 is 0. The molecule has 0 saturated heterocycles. The molecule has 1 nitrogen and oxygen atoms in total. The molecule has 1 aliphatic carbocycles. The molecule has 0 fully saturated rings. The molecule has 0 heterocycles. The summed E-state index contributed by atoms with van der Waals surface area (Å²) in [6.45, 7) is 8.48. The Labute approximate surface area is 120 Å². The zero-order chi connectivity index (χ0) is 14.4. The maximum Gasteiger partial charge on any atom is 0.166 e. The number of hydrogen-bond donors (Lipinski definition) is 0. The second-order valence-corrected chi connectivity index (χ2v) is 6.07. The minimum Gasteiger partial charge on any atom is -0.294 e. The van der Waals surface area contributed by atoms with Crippen LogP contribution in [0.25, 0.3) is 11.1 Å². The minimum atomic E-state index is 0.122. The van der Waals surface area contributed by atoms with Crippen LogP contribution in [0, 0.1) is 26.7 Å². The Morgan fingerprint density at radius 3 is 2.25 bits per heavy atom. The van der Waals surface area contributed by atoms with Crippen LogP contribution in [0.3, 0.4) is 0 Å². The molecule has 1 aliphatic rings. The lowest BCUT2D eigenvalue weighted by Gasteiger charge is -2.15. The second-order valence-electron chi connectivity index (χ2n) is 6.07. The van der Waals surface area contributed by atoms with Gasteiger partial charge in [0.2, 0.25) is 0 Å². The lowest BCUT2D eigenvalue weighted by molar-refractivity contribution is 0.0946. The first-order valence-corrected chi connectivity index (χ1v) is 7.23. The van der Waals surface area contributed by atoms with Crippen molar-refractivity contribution in [1.82, 2.24) is 0 Å². The van der Waals surface area contributed by atoms with Crippen molar-refractivity contribution in [2.24, 2.45) is 5.92 Å². The fourth-order valence-corrected chi connectivity index (χ4v) is 3.54. The van der Waals surface area contributed by atoms with Crippen molar-refractivity contribution in [3.05, 3.63) is 58.1 Å². The second kappa shape index (κ2) is 4.59. The van der Waals surface area contributed by atoms with Crippen LogP contribution in [-0.2, 0) is 6.42 Å². The fourth-order valence-electron chi connectivity index (χ4n) is 3.54. The third-order valence-electron chi connectivity index (χ3n) is 4.35. The summed E-state index contributed by atoms with van der Waals surface area (Å²) < 4.78 is 0. The molecule has 0 radical (unpaired) electrons. The van der Waals surface area contributed by atoms with E-state index in [0.717, 1.165) is 12.0 Å². The van der Waals surface area contributed by atoms with Crippen molar-refractivity contribution in [3.63, 3.8) is 0 Å². The fraction of sp³-hybridized carbons (Fsp3) is 0.316. The Bertz CT molecular complexity index is 687. The number of Topliss-reactive ketones (excluding diaryl/α,β-unsaturated/α-hetero) is 1. The van der Waals surface area contributed by atoms with E-state index in [1.165, 1.54) is 33.4 Å². The van der Waals surface area contributed by atoms with Gasteiger partial charge >= 0.3 is 0 Å². The molecule has 2 aromatic carbocycles. The van der Waals surface area contributed by atoms with Gasteiger partial charge < -0.3 is 0 Å². The maximum atomic E-state index is 12.2. The number of carbonyl (C=O) groups is 1. The molecule has 0 bridgehead atoms. The summed E-state index contributed by atoms with van der Waals surface area (Å²) in [6, 6.07) is 10.6.